The van der Waals surface area contributed by atoms with Gasteiger partial charge >= 0.3 is 12.1 Å². The number of rotatable bonds is 3. The summed E-state index contributed by atoms with van der Waals surface area (Å²) in [6.07, 6.45) is 1.32. The molecule has 1 aliphatic rings. The van der Waals surface area contributed by atoms with Crippen LogP contribution in [0.2, 0.25) is 0 Å². The van der Waals surface area contributed by atoms with Crippen molar-refractivity contribution in [2.45, 2.75) is 52.3 Å². The zero-order valence-electron chi connectivity index (χ0n) is 18.3. The second-order valence-electron chi connectivity index (χ2n) is 8.61. The second kappa shape index (κ2) is 7.97. The van der Waals surface area contributed by atoms with Crippen LogP contribution >= 0.6 is 0 Å². The van der Waals surface area contributed by atoms with Gasteiger partial charge in [0.25, 0.3) is 5.91 Å². The fourth-order valence-corrected chi connectivity index (χ4v) is 3.86. The number of piperazine rings is 1. The van der Waals surface area contributed by atoms with Crippen LogP contribution in [0.1, 0.15) is 45.0 Å². The van der Waals surface area contributed by atoms with E-state index in [1.807, 2.05) is 40.7 Å². The Morgan fingerprint density at radius 1 is 1.17 bits per heavy atom. The molecule has 0 spiro atoms. The summed E-state index contributed by atoms with van der Waals surface area (Å²) >= 11 is 0. The van der Waals surface area contributed by atoms with E-state index in [1.165, 1.54) is 7.11 Å². The molecule has 162 valence electrons. The summed E-state index contributed by atoms with van der Waals surface area (Å²) in [5, 5.41) is 0.706. The van der Waals surface area contributed by atoms with Crippen molar-refractivity contribution in [2.24, 2.45) is 5.73 Å². The largest absolute Gasteiger partial charge is 0.467 e. The Hall–Kier alpha value is -3.10. The first kappa shape index (κ1) is 21.6. The van der Waals surface area contributed by atoms with Crippen LogP contribution in [-0.2, 0) is 4.74 Å². The molecule has 2 atom stereocenters. The molecular weight excluding hydrogens is 386 g/mol. The van der Waals surface area contributed by atoms with Gasteiger partial charge in [0.1, 0.15) is 5.60 Å². The van der Waals surface area contributed by atoms with Crippen LogP contribution in [-0.4, -0.2) is 64.8 Å². The summed E-state index contributed by atoms with van der Waals surface area (Å²) < 4.78 is 10.7. The fraction of sp³-hybridized carbons (Fsp3) is 0.524. The molecule has 1 aromatic carbocycles. The van der Waals surface area contributed by atoms with Crippen LogP contribution in [0.25, 0.3) is 10.9 Å². The SMILES string of the molecule is COc1ncc2c(N3C[C@@H](C)N(C(=O)OC(C)(C)C)[C@@H](C)C3)ccc(C(N)=O)c2n1. The van der Waals surface area contributed by atoms with Crippen molar-refractivity contribution in [3.8, 4) is 6.01 Å². The molecule has 0 saturated carbocycles. The number of nitrogens with zero attached hydrogens (tertiary/aromatic N) is 4. The summed E-state index contributed by atoms with van der Waals surface area (Å²) in [5.41, 5.74) is 6.61. The molecule has 30 heavy (non-hydrogen) atoms. The average molecular weight is 415 g/mol. The summed E-state index contributed by atoms with van der Waals surface area (Å²) in [6.45, 7) is 10.8. The number of nitrogens with two attached hydrogens (primary N) is 1. The molecule has 1 saturated heterocycles. The number of ether oxygens (including phenoxy) is 2. The summed E-state index contributed by atoms with van der Waals surface area (Å²) in [6, 6.07) is 3.53. The van der Waals surface area contributed by atoms with E-state index in [0.717, 1.165) is 5.69 Å². The molecule has 0 unspecified atom stereocenters. The van der Waals surface area contributed by atoms with Gasteiger partial charge < -0.3 is 20.1 Å². The average Bonchev–Trinajstić information content (AvgIpc) is 2.64. The molecule has 0 aliphatic carbocycles. The van der Waals surface area contributed by atoms with Gasteiger partial charge in [-0.3, -0.25) is 9.69 Å². The lowest BCUT2D eigenvalue weighted by atomic mass is 10.0. The molecule has 2 heterocycles. The van der Waals surface area contributed by atoms with Crippen molar-refractivity contribution in [3.63, 3.8) is 0 Å². The number of amides is 2. The number of anilines is 1. The van der Waals surface area contributed by atoms with Gasteiger partial charge in [-0.05, 0) is 46.8 Å². The number of hydrogen-bond donors (Lipinski definition) is 1. The summed E-state index contributed by atoms with van der Waals surface area (Å²) in [4.78, 5) is 37.1. The Balaban J connectivity index is 1.95. The molecule has 0 bridgehead atoms. The summed E-state index contributed by atoms with van der Waals surface area (Å²) in [7, 11) is 1.47. The highest BCUT2D eigenvalue weighted by Crippen LogP contribution is 2.32. The lowest BCUT2D eigenvalue weighted by Crippen LogP contribution is -2.59. The van der Waals surface area contributed by atoms with Crippen LogP contribution in [0, 0.1) is 0 Å². The number of methoxy groups -OCH3 is 1. The van der Waals surface area contributed by atoms with Crippen LogP contribution in [0.5, 0.6) is 6.01 Å². The smallest absolute Gasteiger partial charge is 0.410 e. The number of fused-ring (bicyclic) bond motifs is 1. The molecule has 2 aromatic rings. The minimum Gasteiger partial charge on any atom is -0.467 e. The third-order valence-corrected chi connectivity index (χ3v) is 5.02. The van der Waals surface area contributed by atoms with E-state index in [-0.39, 0.29) is 24.2 Å². The maximum Gasteiger partial charge on any atom is 0.410 e. The monoisotopic (exact) mass is 415 g/mol. The minimum absolute atomic E-state index is 0.0753. The lowest BCUT2D eigenvalue weighted by Gasteiger charge is -2.45. The highest BCUT2D eigenvalue weighted by atomic mass is 16.6. The van der Waals surface area contributed by atoms with Crippen molar-refractivity contribution in [1.82, 2.24) is 14.9 Å². The topological polar surface area (TPSA) is 111 Å². The highest BCUT2D eigenvalue weighted by Gasteiger charge is 2.36. The van der Waals surface area contributed by atoms with Crippen LogP contribution in [0.15, 0.2) is 18.3 Å². The molecule has 3 rings (SSSR count). The first-order valence-electron chi connectivity index (χ1n) is 9.91. The van der Waals surface area contributed by atoms with E-state index in [9.17, 15) is 9.59 Å². The number of aromatic nitrogens is 2. The maximum atomic E-state index is 12.7. The number of carbonyl (C=O) groups is 2. The molecule has 1 aliphatic heterocycles. The molecule has 0 radical (unpaired) electrons. The first-order valence-corrected chi connectivity index (χ1v) is 9.91. The Bertz CT molecular complexity index is 960. The third kappa shape index (κ3) is 4.24. The molecular formula is C21H29N5O4. The molecule has 1 fully saturated rings. The van der Waals surface area contributed by atoms with Crippen molar-refractivity contribution in [3.05, 3.63) is 23.9 Å². The number of hydrogen-bond acceptors (Lipinski definition) is 7. The molecule has 1 aromatic heterocycles. The number of carbonyl (C=O) groups excluding carboxylic acids is 2. The van der Waals surface area contributed by atoms with Crippen molar-refractivity contribution in [2.75, 3.05) is 25.1 Å². The van der Waals surface area contributed by atoms with Crippen LogP contribution in [0.3, 0.4) is 0 Å². The van der Waals surface area contributed by atoms with Gasteiger partial charge in [-0.2, -0.15) is 4.98 Å². The standard InChI is InChI=1S/C21H29N5O4/c1-12-10-25(11-13(2)26(12)20(28)30-21(3,4)5)16-8-7-14(18(22)27)17-15(16)9-23-19(24-17)29-6/h7-9,12-13H,10-11H2,1-6H3,(H2,22,27)/t12-,13+. The van der Waals surface area contributed by atoms with Gasteiger partial charge in [0.2, 0.25) is 0 Å². The highest BCUT2D eigenvalue weighted by molar-refractivity contribution is 6.08. The Morgan fingerprint density at radius 3 is 2.33 bits per heavy atom. The van der Waals surface area contributed by atoms with Gasteiger partial charge in [-0.1, -0.05) is 0 Å². The van der Waals surface area contributed by atoms with Gasteiger partial charge in [0.15, 0.2) is 0 Å². The van der Waals surface area contributed by atoms with E-state index in [2.05, 4.69) is 14.9 Å². The van der Waals surface area contributed by atoms with Crippen molar-refractivity contribution < 1.29 is 19.1 Å². The van der Waals surface area contributed by atoms with E-state index in [1.54, 1.807) is 17.2 Å². The number of primary amides is 1. The lowest BCUT2D eigenvalue weighted by molar-refractivity contribution is 0.00567. The zero-order valence-corrected chi connectivity index (χ0v) is 18.3. The minimum atomic E-state index is -0.566. The van der Waals surface area contributed by atoms with Crippen LogP contribution in [0.4, 0.5) is 10.5 Å². The van der Waals surface area contributed by atoms with E-state index in [0.29, 0.717) is 29.6 Å². The first-order chi connectivity index (χ1) is 14.0. The Morgan fingerprint density at radius 2 is 1.80 bits per heavy atom. The third-order valence-electron chi connectivity index (χ3n) is 5.02. The van der Waals surface area contributed by atoms with Gasteiger partial charge in [-0.15, -0.1) is 0 Å². The zero-order chi connectivity index (χ0) is 22.2. The fourth-order valence-electron chi connectivity index (χ4n) is 3.86. The van der Waals surface area contributed by atoms with Gasteiger partial charge in [0.05, 0.1) is 30.3 Å². The maximum absolute atomic E-state index is 12.7. The van der Waals surface area contributed by atoms with Gasteiger partial charge in [0, 0.05) is 30.4 Å². The Labute approximate surface area is 176 Å². The van der Waals surface area contributed by atoms with Gasteiger partial charge in [-0.25, -0.2) is 9.78 Å². The normalized spacial score (nSPS) is 19.7. The van der Waals surface area contributed by atoms with E-state index >= 15 is 0 Å². The molecule has 2 N–H and O–H groups in total. The van der Waals surface area contributed by atoms with E-state index < -0.39 is 11.5 Å². The summed E-state index contributed by atoms with van der Waals surface area (Å²) in [5.74, 6) is -0.566. The molecule has 2 amide bonds. The molecule has 9 heteroatoms. The van der Waals surface area contributed by atoms with Crippen LogP contribution < -0.4 is 15.4 Å². The molecule has 9 nitrogen and oxygen atoms in total. The predicted octanol–water partition coefficient (Wildman–Crippen LogP) is 2.57. The van der Waals surface area contributed by atoms with E-state index in [4.69, 9.17) is 15.2 Å². The van der Waals surface area contributed by atoms with Crippen molar-refractivity contribution in [1.29, 1.82) is 0 Å². The van der Waals surface area contributed by atoms with Crippen molar-refractivity contribution >= 4 is 28.6 Å². The number of benzene rings is 1. The Kier molecular flexibility index (Phi) is 5.74. The predicted molar refractivity (Wildman–Crippen MR) is 114 cm³/mol. The quantitative estimate of drug-likeness (QED) is 0.820. The second-order valence-corrected chi connectivity index (χ2v) is 8.61.